The number of carbonyl (C=O) groups excluding carboxylic acids is 1. The van der Waals surface area contributed by atoms with Gasteiger partial charge in [-0.05, 0) is 30.0 Å². The second kappa shape index (κ2) is 6.81. The van der Waals surface area contributed by atoms with Crippen LogP contribution >= 0.6 is 23.1 Å². The average Bonchev–Trinajstić information content (AvgIpc) is 2.96. The minimum Gasteiger partial charge on any atom is -0.444 e. The Balaban J connectivity index is 1.63. The molecule has 4 nitrogen and oxygen atoms in total. The first-order valence-electron chi connectivity index (χ1n) is 6.67. The molecule has 0 atom stereocenters. The van der Waals surface area contributed by atoms with Crippen LogP contribution in [0.1, 0.15) is 5.56 Å². The van der Waals surface area contributed by atoms with Crippen molar-refractivity contribution in [2.45, 2.75) is 10.9 Å². The number of rotatable bonds is 4. The van der Waals surface area contributed by atoms with Crippen LogP contribution in [0.25, 0.3) is 10.2 Å². The van der Waals surface area contributed by atoms with E-state index in [1.807, 2.05) is 54.8 Å². The first-order valence-corrected chi connectivity index (χ1v) is 8.71. The summed E-state index contributed by atoms with van der Waals surface area (Å²) in [7, 11) is 0. The minimum atomic E-state index is -0.460. The highest BCUT2D eigenvalue weighted by atomic mass is 32.2. The van der Waals surface area contributed by atoms with E-state index < -0.39 is 6.09 Å². The van der Waals surface area contributed by atoms with Gasteiger partial charge in [0.05, 0.1) is 10.2 Å². The van der Waals surface area contributed by atoms with Crippen molar-refractivity contribution in [3.8, 4) is 0 Å². The van der Waals surface area contributed by atoms with Crippen LogP contribution in [0.5, 0.6) is 0 Å². The van der Waals surface area contributed by atoms with Gasteiger partial charge in [-0.15, -0.1) is 11.3 Å². The smallest absolute Gasteiger partial charge is 0.411 e. The number of benzene rings is 2. The number of nitrogens with one attached hydrogen (secondary N) is 1. The second-order valence-corrected chi connectivity index (χ2v) is 6.64. The van der Waals surface area contributed by atoms with Crippen molar-refractivity contribution in [3.63, 3.8) is 0 Å². The molecule has 3 aromatic rings. The molecular weight excluding hydrogens is 316 g/mol. The van der Waals surface area contributed by atoms with Gasteiger partial charge in [0, 0.05) is 5.69 Å². The molecule has 0 aliphatic rings. The van der Waals surface area contributed by atoms with Crippen LogP contribution in [0, 0.1) is 0 Å². The van der Waals surface area contributed by atoms with Crippen LogP contribution in [0.2, 0.25) is 0 Å². The van der Waals surface area contributed by atoms with Gasteiger partial charge in [0.15, 0.2) is 4.34 Å². The van der Waals surface area contributed by atoms with Gasteiger partial charge in [-0.3, -0.25) is 5.32 Å². The Morgan fingerprint density at radius 3 is 2.86 bits per heavy atom. The van der Waals surface area contributed by atoms with Crippen molar-refractivity contribution in [2.24, 2.45) is 0 Å². The molecule has 0 aliphatic heterocycles. The van der Waals surface area contributed by atoms with Crippen molar-refractivity contribution >= 4 is 45.1 Å². The molecule has 1 heterocycles. The van der Waals surface area contributed by atoms with Crippen molar-refractivity contribution in [3.05, 3.63) is 54.1 Å². The quantitative estimate of drug-likeness (QED) is 0.700. The SMILES string of the molecule is CSc1nc2ccc(NC(=O)OCc3ccccc3)cc2s1. The molecule has 0 fully saturated rings. The first kappa shape index (κ1) is 14.9. The number of thioether (sulfide) groups is 1. The molecule has 0 saturated carbocycles. The average molecular weight is 330 g/mol. The number of nitrogens with zero attached hydrogens (tertiary/aromatic N) is 1. The van der Waals surface area contributed by atoms with E-state index in [9.17, 15) is 4.79 Å². The number of hydrogen-bond acceptors (Lipinski definition) is 5. The Hall–Kier alpha value is -2.05. The number of thiazole rings is 1. The lowest BCUT2D eigenvalue weighted by molar-refractivity contribution is 0.155. The van der Waals surface area contributed by atoms with Gasteiger partial charge in [0.25, 0.3) is 0 Å². The van der Waals surface area contributed by atoms with Crippen LogP contribution < -0.4 is 5.32 Å². The van der Waals surface area contributed by atoms with E-state index in [0.29, 0.717) is 5.69 Å². The monoisotopic (exact) mass is 330 g/mol. The van der Waals surface area contributed by atoms with Gasteiger partial charge >= 0.3 is 6.09 Å². The van der Waals surface area contributed by atoms with Gasteiger partial charge < -0.3 is 4.74 Å². The number of hydrogen-bond donors (Lipinski definition) is 1. The summed E-state index contributed by atoms with van der Waals surface area (Å²) in [6, 6.07) is 15.2. The number of carbonyl (C=O) groups is 1. The number of amides is 1. The number of ether oxygens (including phenoxy) is 1. The zero-order chi connectivity index (χ0) is 15.4. The standard InChI is InChI=1S/C16H14N2O2S2/c1-21-16-18-13-8-7-12(9-14(13)22-16)17-15(19)20-10-11-5-3-2-4-6-11/h2-9H,10H2,1H3,(H,17,19). The number of aromatic nitrogens is 1. The zero-order valence-electron chi connectivity index (χ0n) is 11.9. The summed E-state index contributed by atoms with van der Waals surface area (Å²) in [6.45, 7) is 0.256. The van der Waals surface area contributed by atoms with Crippen LogP contribution in [-0.2, 0) is 11.3 Å². The highest BCUT2D eigenvalue weighted by molar-refractivity contribution is 8.00. The molecule has 1 N–H and O–H groups in total. The van der Waals surface area contributed by atoms with Gasteiger partial charge in [-0.1, -0.05) is 42.1 Å². The van der Waals surface area contributed by atoms with Crippen molar-refractivity contribution < 1.29 is 9.53 Å². The Bertz CT molecular complexity index is 787. The third-order valence-electron chi connectivity index (χ3n) is 3.00. The second-order valence-electron chi connectivity index (χ2n) is 4.55. The summed E-state index contributed by atoms with van der Waals surface area (Å²) in [4.78, 5) is 16.3. The summed E-state index contributed by atoms with van der Waals surface area (Å²) in [5.74, 6) is 0. The summed E-state index contributed by atoms with van der Waals surface area (Å²) < 4.78 is 7.26. The zero-order valence-corrected chi connectivity index (χ0v) is 13.5. The summed E-state index contributed by atoms with van der Waals surface area (Å²) in [6.07, 6.45) is 1.54. The van der Waals surface area contributed by atoms with E-state index in [2.05, 4.69) is 10.3 Å². The Morgan fingerprint density at radius 1 is 1.27 bits per heavy atom. The topological polar surface area (TPSA) is 51.2 Å². The Kier molecular flexibility index (Phi) is 4.60. The molecule has 3 rings (SSSR count). The molecule has 2 aromatic carbocycles. The van der Waals surface area contributed by atoms with Gasteiger partial charge in [-0.2, -0.15) is 0 Å². The molecule has 1 aromatic heterocycles. The lowest BCUT2D eigenvalue weighted by atomic mass is 10.2. The molecule has 0 saturated heterocycles. The van der Waals surface area contributed by atoms with E-state index in [0.717, 1.165) is 20.1 Å². The van der Waals surface area contributed by atoms with Gasteiger partial charge in [0.1, 0.15) is 6.61 Å². The predicted molar refractivity (Wildman–Crippen MR) is 91.7 cm³/mol. The summed E-state index contributed by atoms with van der Waals surface area (Å²) in [5, 5.41) is 2.74. The summed E-state index contributed by atoms with van der Waals surface area (Å²) in [5.41, 5.74) is 2.61. The molecular formula is C16H14N2O2S2. The Morgan fingerprint density at radius 2 is 2.09 bits per heavy atom. The fourth-order valence-corrected chi connectivity index (χ4v) is 3.47. The molecule has 112 valence electrons. The lowest BCUT2D eigenvalue weighted by Crippen LogP contribution is -2.13. The van der Waals surface area contributed by atoms with Crippen LogP contribution in [0.4, 0.5) is 10.5 Å². The van der Waals surface area contributed by atoms with E-state index in [4.69, 9.17) is 4.74 Å². The van der Waals surface area contributed by atoms with Gasteiger partial charge in [-0.25, -0.2) is 9.78 Å². The van der Waals surface area contributed by atoms with E-state index in [1.54, 1.807) is 23.1 Å². The first-order chi connectivity index (χ1) is 10.7. The van der Waals surface area contributed by atoms with Crippen molar-refractivity contribution in [2.75, 3.05) is 11.6 Å². The predicted octanol–water partition coefficient (Wildman–Crippen LogP) is 4.77. The molecule has 1 amide bonds. The number of anilines is 1. The largest absolute Gasteiger partial charge is 0.444 e. The molecule has 0 spiro atoms. The molecule has 0 bridgehead atoms. The maximum atomic E-state index is 11.8. The third-order valence-corrected chi connectivity index (χ3v) is 5.01. The van der Waals surface area contributed by atoms with Crippen LogP contribution in [0.3, 0.4) is 0 Å². The molecule has 0 unspecified atom stereocenters. The third kappa shape index (κ3) is 3.58. The number of fused-ring (bicyclic) bond motifs is 1. The van der Waals surface area contributed by atoms with E-state index in [-0.39, 0.29) is 6.61 Å². The fraction of sp³-hybridized carbons (Fsp3) is 0.125. The van der Waals surface area contributed by atoms with E-state index >= 15 is 0 Å². The molecule has 22 heavy (non-hydrogen) atoms. The maximum absolute atomic E-state index is 11.8. The highest BCUT2D eigenvalue weighted by Crippen LogP contribution is 2.29. The fourth-order valence-electron chi connectivity index (χ4n) is 1.95. The maximum Gasteiger partial charge on any atom is 0.411 e. The Labute approximate surface area is 136 Å². The van der Waals surface area contributed by atoms with Crippen LogP contribution in [0.15, 0.2) is 52.9 Å². The molecule has 6 heteroatoms. The molecule has 0 radical (unpaired) electrons. The van der Waals surface area contributed by atoms with Crippen molar-refractivity contribution in [1.29, 1.82) is 0 Å². The van der Waals surface area contributed by atoms with Crippen LogP contribution in [-0.4, -0.2) is 17.3 Å². The summed E-state index contributed by atoms with van der Waals surface area (Å²) >= 11 is 3.22. The normalized spacial score (nSPS) is 10.6. The minimum absolute atomic E-state index is 0.256. The highest BCUT2D eigenvalue weighted by Gasteiger charge is 2.07. The van der Waals surface area contributed by atoms with Crippen molar-refractivity contribution in [1.82, 2.24) is 4.98 Å². The van der Waals surface area contributed by atoms with Gasteiger partial charge in [0.2, 0.25) is 0 Å². The van der Waals surface area contributed by atoms with E-state index in [1.165, 1.54) is 0 Å². The molecule has 0 aliphatic carbocycles. The lowest BCUT2D eigenvalue weighted by Gasteiger charge is -2.07.